The minimum Gasteiger partial charge on any atom is -0.481 e. The molecule has 0 bridgehead atoms. The van der Waals surface area contributed by atoms with E-state index in [1.807, 2.05) is 0 Å². The summed E-state index contributed by atoms with van der Waals surface area (Å²) in [5, 5.41) is 14.8. The Bertz CT molecular complexity index is 612. The van der Waals surface area contributed by atoms with Crippen LogP contribution in [0.15, 0.2) is 24.3 Å². The lowest BCUT2D eigenvalue weighted by Gasteiger charge is -2.25. The lowest BCUT2D eigenvalue weighted by atomic mass is 9.81. The van der Waals surface area contributed by atoms with Crippen molar-refractivity contribution in [3.63, 3.8) is 0 Å². The number of carboxylic acids is 1. The van der Waals surface area contributed by atoms with Crippen molar-refractivity contribution in [2.45, 2.75) is 25.7 Å². The molecule has 1 aliphatic carbocycles. The summed E-state index contributed by atoms with van der Waals surface area (Å²) < 4.78 is 0. The molecule has 1 saturated carbocycles. The molecular weight excluding hydrogens is 332 g/mol. The lowest BCUT2D eigenvalue weighted by Crippen LogP contribution is -2.39. The number of hydrogen-bond acceptors (Lipinski definition) is 3. The summed E-state index contributed by atoms with van der Waals surface area (Å²) in [6.07, 6.45) is 2.26. The van der Waals surface area contributed by atoms with Crippen LogP contribution >= 0.6 is 11.6 Å². The molecule has 6 nitrogen and oxygen atoms in total. The van der Waals surface area contributed by atoms with Crippen LogP contribution < -0.4 is 10.6 Å². The third-order valence-corrected chi connectivity index (χ3v) is 4.61. The van der Waals surface area contributed by atoms with E-state index in [0.29, 0.717) is 49.4 Å². The van der Waals surface area contributed by atoms with Gasteiger partial charge in [0.05, 0.1) is 16.5 Å². The fraction of sp³-hybridized carbons (Fsp3) is 0.471. The van der Waals surface area contributed by atoms with Crippen LogP contribution in [-0.4, -0.2) is 36.0 Å². The van der Waals surface area contributed by atoms with Gasteiger partial charge in [0, 0.05) is 19.0 Å². The zero-order chi connectivity index (χ0) is 17.5. The number of carboxylic acid groups (broad SMARTS) is 1. The normalized spacial score (nSPS) is 20.2. The molecule has 0 aliphatic heterocycles. The average molecular weight is 353 g/mol. The number of rotatable bonds is 6. The first-order valence-corrected chi connectivity index (χ1v) is 8.40. The van der Waals surface area contributed by atoms with Gasteiger partial charge in [0.1, 0.15) is 0 Å². The molecule has 0 atom stereocenters. The van der Waals surface area contributed by atoms with Crippen molar-refractivity contribution in [1.82, 2.24) is 10.6 Å². The van der Waals surface area contributed by atoms with Crippen LogP contribution in [0.1, 0.15) is 36.0 Å². The fourth-order valence-corrected chi connectivity index (χ4v) is 3.07. The van der Waals surface area contributed by atoms with Crippen molar-refractivity contribution < 1.29 is 19.5 Å². The number of halogens is 1. The van der Waals surface area contributed by atoms with Crippen molar-refractivity contribution in [2.24, 2.45) is 11.8 Å². The number of hydrogen-bond donors (Lipinski definition) is 3. The van der Waals surface area contributed by atoms with Gasteiger partial charge in [-0.05, 0) is 37.8 Å². The molecule has 1 aliphatic rings. The number of benzene rings is 1. The second-order valence-electron chi connectivity index (χ2n) is 5.91. The minimum absolute atomic E-state index is 0.0779. The van der Waals surface area contributed by atoms with E-state index < -0.39 is 5.97 Å². The van der Waals surface area contributed by atoms with Gasteiger partial charge in [-0.15, -0.1) is 0 Å². The number of carbonyl (C=O) groups is 3. The van der Waals surface area contributed by atoms with Gasteiger partial charge in [0.25, 0.3) is 5.91 Å². The topological polar surface area (TPSA) is 95.5 Å². The first kappa shape index (κ1) is 18.3. The number of nitrogens with one attached hydrogen (secondary N) is 2. The van der Waals surface area contributed by atoms with E-state index in [-0.39, 0.29) is 23.7 Å². The van der Waals surface area contributed by atoms with Crippen LogP contribution in [-0.2, 0) is 9.59 Å². The molecule has 7 heteroatoms. The van der Waals surface area contributed by atoms with Crippen molar-refractivity contribution in [3.05, 3.63) is 34.9 Å². The Morgan fingerprint density at radius 2 is 1.58 bits per heavy atom. The van der Waals surface area contributed by atoms with Crippen LogP contribution in [0.3, 0.4) is 0 Å². The molecule has 0 heterocycles. The average Bonchev–Trinajstić information content (AvgIpc) is 2.58. The van der Waals surface area contributed by atoms with E-state index >= 15 is 0 Å². The van der Waals surface area contributed by atoms with Crippen LogP contribution in [0.5, 0.6) is 0 Å². The van der Waals surface area contributed by atoms with Crippen molar-refractivity contribution >= 4 is 29.4 Å². The number of aliphatic carboxylic acids is 1. The first-order chi connectivity index (χ1) is 11.5. The van der Waals surface area contributed by atoms with Crippen LogP contribution in [0.2, 0.25) is 5.02 Å². The maximum atomic E-state index is 12.1. The summed E-state index contributed by atoms with van der Waals surface area (Å²) in [4.78, 5) is 34.9. The molecule has 3 N–H and O–H groups in total. The van der Waals surface area contributed by atoms with Crippen molar-refractivity contribution in [2.75, 3.05) is 13.1 Å². The fourth-order valence-electron chi connectivity index (χ4n) is 2.85. The van der Waals surface area contributed by atoms with Crippen LogP contribution in [0, 0.1) is 11.8 Å². The van der Waals surface area contributed by atoms with Gasteiger partial charge in [-0.2, -0.15) is 0 Å². The molecule has 0 spiro atoms. The molecule has 130 valence electrons. The highest BCUT2D eigenvalue weighted by atomic mass is 35.5. The number of amides is 2. The standard InChI is InChI=1S/C17H21ClN2O4/c18-14-4-2-1-3-13(14)16(22)20-10-9-19-15(21)11-5-7-12(8-6-11)17(23)24/h1-4,11-12H,5-10H2,(H,19,21)(H,20,22)(H,23,24). The van der Waals surface area contributed by atoms with Gasteiger partial charge in [0.15, 0.2) is 0 Å². The smallest absolute Gasteiger partial charge is 0.306 e. The lowest BCUT2D eigenvalue weighted by molar-refractivity contribution is -0.144. The summed E-state index contributed by atoms with van der Waals surface area (Å²) in [6, 6.07) is 6.76. The van der Waals surface area contributed by atoms with Gasteiger partial charge >= 0.3 is 5.97 Å². The second kappa shape index (κ2) is 8.68. The van der Waals surface area contributed by atoms with E-state index in [2.05, 4.69) is 10.6 Å². The molecular formula is C17H21ClN2O4. The highest BCUT2D eigenvalue weighted by molar-refractivity contribution is 6.33. The van der Waals surface area contributed by atoms with Crippen LogP contribution in [0.4, 0.5) is 0 Å². The Morgan fingerprint density at radius 3 is 2.21 bits per heavy atom. The van der Waals surface area contributed by atoms with Gasteiger partial charge < -0.3 is 15.7 Å². The first-order valence-electron chi connectivity index (χ1n) is 8.02. The van der Waals surface area contributed by atoms with E-state index in [1.54, 1.807) is 24.3 Å². The maximum Gasteiger partial charge on any atom is 0.306 e. The summed E-state index contributed by atoms with van der Waals surface area (Å²) >= 11 is 5.95. The Balaban J connectivity index is 1.67. The third-order valence-electron chi connectivity index (χ3n) is 4.28. The van der Waals surface area contributed by atoms with E-state index in [4.69, 9.17) is 16.7 Å². The zero-order valence-corrected chi connectivity index (χ0v) is 14.0. The largest absolute Gasteiger partial charge is 0.481 e. The monoisotopic (exact) mass is 352 g/mol. The van der Waals surface area contributed by atoms with Gasteiger partial charge in [-0.1, -0.05) is 23.7 Å². The van der Waals surface area contributed by atoms with E-state index in [1.165, 1.54) is 0 Å². The SMILES string of the molecule is O=C(NCCNC(=O)C1CCC(C(=O)O)CC1)c1ccccc1Cl. The quantitative estimate of drug-likeness (QED) is 0.683. The highest BCUT2D eigenvalue weighted by Crippen LogP contribution is 2.28. The predicted molar refractivity (Wildman–Crippen MR) is 89.9 cm³/mol. The molecule has 0 unspecified atom stereocenters. The van der Waals surface area contributed by atoms with Gasteiger partial charge in [-0.25, -0.2) is 0 Å². The molecule has 0 saturated heterocycles. The highest BCUT2D eigenvalue weighted by Gasteiger charge is 2.29. The third kappa shape index (κ3) is 4.96. The maximum absolute atomic E-state index is 12.1. The molecule has 2 rings (SSSR count). The summed E-state index contributed by atoms with van der Waals surface area (Å²) in [5.41, 5.74) is 0.400. The van der Waals surface area contributed by atoms with Crippen molar-refractivity contribution in [1.29, 1.82) is 0 Å². The summed E-state index contributed by atoms with van der Waals surface area (Å²) in [7, 11) is 0. The molecule has 0 radical (unpaired) electrons. The summed E-state index contributed by atoms with van der Waals surface area (Å²) in [6.45, 7) is 0.633. The van der Waals surface area contributed by atoms with Gasteiger partial charge in [0.2, 0.25) is 5.91 Å². The zero-order valence-electron chi connectivity index (χ0n) is 13.3. The molecule has 1 aromatic carbocycles. The molecule has 2 amide bonds. The van der Waals surface area contributed by atoms with E-state index in [9.17, 15) is 14.4 Å². The Labute approximate surface area is 145 Å². The second-order valence-corrected chi connectivity index (χ2v) is 6.32. The Morgan fingerprint density at radius 1 is 1.00 bits per heavy atom. The molecule has 1 fully saturated rings. The summed E-state index contributed by atoms with van der Waals surface area (Å²) in [5.74, 6) is -1.61. The van der Waals surface area contributed by atoms with Crippen molar-refractivity contribution in [3.8, 4) is 0 Å². The Hall–Kier alpha value is -2.08. The molecule has 0 aromatic heterocycles. The molecule has 1 aromatic rings. The van der Waals surface area contributed by atoms with Crippen LogP contribution in [0.25, 0.3) is 0 Å². The number of carbonyl (C=O) groups excluding carboxylic acids is 2. The molecule has 24 heavy (non-hydrogen) atoms. The minimum atomic E-state index is -0.781. The van der Waals surface area contributed by atoms with E-state index in [0.717, 1.165) is 0 Å². The predicted octanol–water partition coefficient (Wildman–Crippen LogP) is 2.08. The Kier molecular flexibility index (Phi) is 6.61. The van der Waals surface area contributed by atoms with Gasteiger partial charge in [-0.3, -0.25) is 14.4 Å².